The Morgan fingerprint density at radius 2 is 1.88 bits per heavy atom. The van der Waals surface area contributed by atoms with Crippen LogP contribution < -0.4 is 11.1 Å². The molecule has 0 amide bonds. The summed E-state index contributed by atoms with van der Waals surface area (Å²) < 4.78 is 12.9. The summed E-state index contributed by atoms with van der Waals surface area (Å²) in [6.07, 6.45) is 6.10. The first kappa shape index (κ1) is 16.6. The molecule has 3 aromatic rings. The Morgan fingerprint density at radius 1 is 1.12 bits per heavy atom. The summed E-state index contributed by atoms with van der Waals surface area (Å²) in [7, 11) is 0. The molecular weight excluding hydrogens is 329 g/mol. The molecule has 26 heavy (non-hydrogen) atoms. The van der Waals surface area contributed by atoms with E-state index >= 15 is 0 Å². The first-order chi connectivity index (χ1) is 12.7. The molecular formula is C20H22FN5. The van der Waals surface area contributed by atoms with Gasteiger partial charge in [0, 0.05) is 11.1 Å². The lowest BCUT2D eigenvalue weighted by atomic mass is 9.81. The van der Waals surface area contributed by atoms with E-state index in [1.807, 2.05) is 6.20 Å². The van der Waals surface area contributed by atoms with E-state index in [-0.39, 0.29) is 11.9 Å². The summed E-state index contributed by atoms with van der Waals surface area (Å²) in [5, 5.41) is 11.3. The van der Waals surface area contributed by atoms with Crippen molar-refractivity contribution >= 4 is 22.5 Å². The van der Waals surface area contributed by atoms with E-state index in [4.69, 9.17) is 5.73 Å². The molecule has 5 nitrogen and oxygen atoms in total. The molecule has 1 heterocycles. The van der Waals surface area contributed by atoms with Crippen LogP contribution in [0.4, 0.5) is 10.1 Å². The molecule has 1 aliphatic carbocycles. The van der Waals surface area contributed by atoms with Crippen molar-refractivity contribution in [3.63, 3.8) is 0 Å². The summed E-state index contributed by atoms with van der Waals surface area (Å²) in [5.74, 6) is 0.685. The van der Waals surface area contributed by atoms with Crippen LogP contribution in [0.5, 0.6) is 0 Å². The quantitative estimate of drug-likeness (QED) is 0.490. The van der Waals surface area contributed by atoms with E-state index in [0.717, 1.165) is 42.3 Å². The van der Waals surface area contributed by atoms with Crippen LogP contribution in [0, 0.1) is 5.82 Å². The average molecular weight is 351 g/mol. The summed E-state index contributed by atoms with van der Waals surface area (Å²) in [5.41, 5.74) is 9.20. The Hall–Kier alpha value is -2.89. The zero-order valence-corrected chi connectivity index (χ0v) is 14.5. The Morgan fingerprint density at radius 3 is 2.65 bits per heavy atom. The molecule has 0 radical (unpaired) electrons. The minimum atomic E-state index is -0.266. The summed E-state index contributed by atoms with van der Waals surface area (Å²) in [4.78, 5) is 4.60. The number of anilines is 1. The van der Waals surface area contributed by atoms with E-state index in [1.165, 1.54) is 17.7 Å². The zero-order chi connectivity index (χ0) is 17.9. The fraction of sp³-hybridized carbons (Fsp3) is 0.300. The minimum Gasteiger partial charge on any atom is -0.370 e. The second kappa shape index (κ2) is 7.15. The van der Waals surface area contributed by atoms with Crippen LogP contribution in [-0.2, 0) is 0 Å². The predicted molar refractivity (Wildman–Crippen MR) is 103 cm³/mol. The van der Waals surface area contributed by atoms with E-state index < -0.39 is 0 Å². The third-order valence-electron chi connectivity index (χ3n) is 5.07. The lowest BCUT2D eigenvalue weighted by Crippen LogP contribution is -2.26. The molecule has 0 spiro atoms. The lowest BCUT2D eigenvalue weighted by Gasteiger charge is -2.27. The first-order valence-electron chi connectivity index (χ1n) is 8.96. The Bertz CT molecular complexity index is 907. The molecule has 6 heteroatoms. The molecule has 0 unspecified atom stereocenters. The van der Waals surface area contributed by atoms with Crippen LogP contribution in [0.1, 0.15) is 37.2 Å². The van der Waals surface area contributed by atoms with Gasteiger partial charge in [0.15, 0.2) is 5.96 Å². The lowest BCUT2D eigenvalue weighted by molar-refractivity contribution is 0.397. The molecule has 4 N–H and O–H groups in total. The number of aromatic nitrogens is 2. The van der Waals surface area contributed by atoms with Crippen molar-refractivity contribution in [3.05, 3.63) is 60.0 Å². The summed E-state index contributed by atoms with van der Waals surface area (Å²) in [6.45, 7) is 0. The van der Waals surface area contributed by atoms with Crippen molar-refractivity contribution in [1.29, 1.82) is 0 Å². The van der Waals surface area contributed by atoms with Gasteiger partial charge in [-0.3, -0.25) is 5.10 Å². The number of hydrogen-bond acceptors (Lipinski definition) is 2. The van der Waals surface area contributed by atoms with E-state index in [2.05, 4.69) is 38.7 Å². The maximum Gasteiger partial charge on any atom is 0.193 e. The number of H-pyrrole nitrogens is 1. The molecule has 2 aromatic carbocycles. The van der Waals surface area contributed by atoms with E-state index in [1.54, 1.807) is 12.1 Å². The van der Waals surface area contributed by atoms with Crippen molar-refractivity contribution in [2.45, 2.75) is 37.6 Å². The number of hydrogen-bond donors (Lipinski definition) is 3. The van der Waals surface area contributed by atoms with Gasteiger partial charge >= 0.3 is 0 Å². The van der Waals surface area contributed by atoms with Crippen LogP contribution >= 0.6 is 0 Å². The number of guanidine groups is 1. The summed E-state index contributed by atoms with van der Waals surface area (Å²) >= 11 is 0. The number of aromatic amines is 1. The van der Waals surface area contributed by atoms with E-state index in [9.17, 15) is 4.39 Å². The highest BCUT2D eigenvalue weighted by Gasteiger charge is 2.22. The van der Waals surface area contributed by atoms with Crippen LogP contribution in [-0.4, -0.2) is 22.2 Å². The van der Waals surface area contributed by atoms with Crippen molar-refractivity contribution in [2.75, 3.05) is 5.32 Å². The van der Waals surface area contributed by atoms with Crippen molar-refractivity contribution in [3.8, 4) is 0 Å². The number of nitrogens with one attached hydrogen (secondary N) is 2. The average Bonchev–Trinajstić information content (AvgIpc) is 3.12. The predicted octanol–water partition coefficient (Wildman–Crippen LogP) is 4.16. The largest absolute Gasteiger partial charge is 0.370 e. The molecule has 0 atom stereocenters. The number of rotatable bonds is 3. The van der Waals surface area contributed by atoms with Gasteiger partial charge in [-0.25, -0.2) is 9.38 Å². The van der Waals surface area contributed by atoms with Crippen LogP contribution in [0.25, 0.3) is 10.9 Å². The zero-order valence-electron chi connectivity index (χ0n) is 14.5. The standard InChI is InChI=1S/C20H22FN5/c21-16-4-8-18(9-5-16)25-20(22)24-17-6-1-13(2-7-17)14-3-10-19-15(11-14)12-23-26-19/h3-5,8-13,17H,1-2,6-7H2,(H,23,26)(H3,22,24,25). The SMILES string of the molecule is NC(=NC1CCC(c2ccc3[nH]ncc3c2)CC1)Nc1ccc(F)cc1. The molecule has 1 aromatic heterocycles. The van der Waals surface area contributed by atoms with Gasteiger partial charge in [0.25, 0.3) is 0 Å². The Balaban J connectivity index is 1.35. The third kappa shape index (κ3) is 3.69. The third-order valence-corrected chi connectivity index (χ3v) is 5.07. The maximum absolute atomic E-state index is 12.9. The van der Waals surface area contributed by atoms with Crippen molar-refractivity contribution in [2.24, 2.45) is 10.7 Å². The number of halogens is 1. The number of nitrogens with two attached hydrogens (primary N) is 1. The van der Waals surface area contributed by atoms with Crippen molar-refractivity contribution in [1.82, 2.24) is 10.2 Å². The highest BCUT2D eigenvalue weighted by Crippen LogP contribution is 2.35. The van der Waals surface area contributed by atoms with Gasteiger partial charge in [0.1, 0.15) is 5.82 Å². The minimum absolute atomic E-state index is 0.233. The van der Waals surface area contributed by atoms with Crippen LogP contribution in [0.2, 0.25) is 0 Å². The number of fused-ring (bicyclic) bond motifs is 1. The second-order valence-electron chi connectivity index (χ2n) is 6.87. The Kier molecular flexibility index (Phi) is 4.56. The Labute approximate surface area is 151 Å². The first-order valence-corrected chi connectivity index (χ1v) is 8.96. The fourth-order valence-corrected chi connectivity index (χ4v) is 3.66. The fourth-order valence-electron chi connectivity index (χ4n) is 3.66. The van der Waals surface area contributed by atoms with Gasteiger partial charge in [-0.05, 0) is 73.6 Å². The van der Waals surface area contributed by atoms with Gasteiger partial charge in [0.2, 0.25) is 0 Å². The van der Waals surface area contributed by atoms with Crippen LogP contribution in [0.3, 0.4) is 0 Å². The molecule has 0 aliphatic heterocycles. The van der Waals surface area contributed by atoms with Gasteiger partial charge in [-0.1, -0.05) is 6.07 Å². The molecule has 1 aliphatic rings. The molecule has 0 saturated heterocycles. The molecule has 1 fully saturated rings. The van der Waals surface area contributed by atoms with Gasteiger partial charge in [-0.2, -0.15) is 5.10 Å². The van der Waals surface area contributed by atoms with Gasteiger partial charge in [0.05, 0.1) is 17.8 Å². The number of benzene rings is 2. The monoisotopic (exact) mass is 351 g/mol. The van der Waals surface area contributed by atoms with E-state index in [0.29, 0.717) is 11.9 Å². The topological polar surface area (TPSA) is 79.1 Å². The normalized spacial score (nSPS) is 21.0. The van der Waals surface area contributed by atoms with Gasteiger partial charge in [-0.15, -0.1) is 0 Å². The van der Waals surface area contributed by atoms with Crippen LogP contribution in [0.15, 0.2) is 53.7 Å². The highest BCUT2D eigenvalue weighted by atomic mass is 19.1. The van der Waals surface area contributed by atoms with Crippen molar-refractivity contribution < 1.29 is 4.39 Å². The second-order valence-corrected chi connectivity index (χ2v) is 6.87. The smallest absolute Gasteiger partial charge is 0.193 e. The number of nitrogens with zero attached hydrogens (tertiary/aromatic N) is 2. The maximum atomic E-state index is 12.9. The molecule has 0 bridgehead atoms. The molecule has 4 rings (SSSR count). The number of aliphatic imine (C=N–C) groups is 1. The van der Waals surface area contributed by atoms with Gasteiger partial charge < -0.3 is 11.1 Å². The highest BCUT2D eigenvalue weighted by molar-refractivity contribution is 5.92. The molecule has 1 saturated carbocycles. The molecule has 134 valence electrons. The summed E-state index contributed by atoms with van der Waals surface area (Å²) in [6, 6.07) is 12.9.